The van der Waals surface area contributed by atoms with E-state index in [9.17, 15) is 5.11 Å². The van der Waals surface area contributed by atoms with E-state index in [1.165, 1.54) is 6.20 Å². The van der Waals surface area contributed by atoms with Gasteiger partial charge in [0.05, 0.1) is 17.6 Å². The zero-order valence-electron chi connectivity index (χ0n) is 7.16. The van der Waals surface area contributed by atoms with Crippen molar-refractivity contribution in [2.45, 2.75) is 0 Å². The number of nitrogen functional groups attached to an aromatic ring is 1. The van der Waals surface area contributed by atoms with Gasteiger partial charge >= 0.3 is 0 Å². The molecule has 4 N–H and O–H groups in total. The van der Waals surface area contributed by atoms with Gasteiger partial charge < -0.3 is 10.8 Å². The zero-order valence-corrected chi connectivity index (χ0v) is 8.75. The molecule has 0 aliphatic carbocycles. The minimum Gasteiger partial charge on any atom is -0.507 e. The Labute approximate surface area is 88.9 Å². The summed E-state index contributed by atoms with van der Waals surface area (Å²) in [7, 11) is 0. The molecule has 0 atom stereocenters. The molecule has 1 aromatic carbocycles. The molecule has 2 rings (SSSR count). The van der Waals surface area contributed by atoms with Gasteiger partial charge in [-0.2, -0.15) is 5.10 Å². The fraction of sp³-hybridized carbons (Fsp3) is 0. The summed E-state index contributed by atoms with van der Waals surface area (Å²) in [6, 6.07) is 5.20. The van der Waals surface area contributed by atoms with E-state index in [4.69, 9.17) is 5.73 Å². The first-order chi connectivity index (χ1) is 6.68. The van der Waals surface area contributed by atoms with E-state index in [0.717, 1.165) is 4.47 Å². The van der Waals surface area contributed by atoms with E-state index in [1.807, 2.05) is 6.07 Å². The van der Waals surface area contributed by atoms with Crippen molar-refractivity contribution in [3.63, 3.8) is 0 Å². The van der Waals surface area contributed by atoms with Gasteiger partial charge in [-0.25, -0.2) is 0 Å². The molecule has 0 saturated heterocycles. The van der Waals surface area contributed by atoms with E-state index in [0.29, 0.717) is 16.9 Å². The lowest BCUT2D eigenvalue weighted by Crippen LogP contribution is -1.87. The van der Waals surface area contributed by atoms with Crippen molar-refractivity contribution < 1.29 is 5.11 Å². The lowest BCUT2D eigenvalue weighted by molar-refractivity contribution is 0.477. The normalized spacial score (nSPS) is 10.4. The Balaban J connectivity index is 2.58. The van der Waals surface area contributed by atoms with Crippen LogP contribution >= 0.6 is 15.9 Å². The summed E-state index contributed by atoms with van der Waals surface area (Å²) in [5, 5.41) is 16.2. The van der Waals surface area contributed by atoms with Gasteiger partial charge in [0.15, 0.2) is 0 Å². The molecule has 0 aliphatic heterocycles. The van der Waals surface area contributed by atoms with Gasteiger partial charge in [0.25, 0.3) is 0 Å². The van der Waals surface area contributed by atoms with Crippen molar-refractivity contribution in [1.29, 1.82) is 0 Å². The highest BCUT2D eigenvalue weighted by atomic mass is 79.9. The number of hydrogen-bond acceptors (Lipinski definition) is 3. The van der Waals surface area contributed by atoms with Crippen LogP contribution in [0.1, 0.15) is 0 Å². The third-order valence-electron chi connectivity index (χ3n) is 1.90. The van der Waals surface area contributed by atoms with E-state index < -0.39 is 0 Å². The molecular weight excluding hydrogens is 246 g/mol. The predicted octanol–water partition coefficient (Wildman–Crippen LogP) is 2.13. The van der Waals surface area contributed by atoms with E-state index in [1.54, 1.807) is 12.1 Å². The number of hydrogen-bond donors (Lipinski definition) is 3. The number of phenolic OH excluding ortho intramolecular Hbond substituents is 1. The van der Waals surface area contributed by atoms with Gasteiger partial charge in [-0.15, -0.1) is 0 Å². The van der Waals surface area contributed by atoms with Crippen molar-refractivity contribution in [1.82, 2.24) is 10.2 Å². The average molecular weight is 254 g/mol. The number of nitrogens with one attached hydrogen (secondary N) is 1. The van der Waals surface area contributed by atoms with Gasteiger partial charge in [0.1, 0.15) is 5.75 Å². The molecule has 2 aromatic rings. The lowest BCUT2D eigenvalue weighted by Gasteiger charge is -2.03. The van der Waals surface area contributed by atoms with Crippen LogP contribution in [-0.2, 0) is 0 Å². The maximum atomic E-state index is 9.65. The van der Waals surface area contributed by atoms with Gasteiger partial charge in [-0.3, -0.25) is 5.10 Å². The molecule has 0 aliphatic rings. The number of nitrogens with zero attached hydrogens (tertiary/aromatic N) is 1. The third-order valence-corrected chi connectivity index (χ3v) is 2.39. The topological polar surface area (TPSA) is 74.9 Å². The quantitative estimate of drug-likeness (QED) is 0.729. The second-order valence-corrected chi connectivity index (χ2v) is 3.78. The van der Waals surface area contributed by atoms with Crippen LogP contribution in [0.25, 0.3) is 11.3 Å². The van der Waals surface area contributed by atoms with Crippen LogP contribution in [-0.4, -0.2) is 15.3 Å². The summed E-state index contributed by atoms with van der Waals surface area (Å²) < 4.78 is 0.817. The van der Waals surface area contributed by atoms with Crippen LogP contribution in [0.2, 0.25) is 0 Å². The second kappa shape index (κ2) is 3.34. The average Bonchev–Trinajstić information content (AvgIpc) is 2.52. The molecule has 4 nitrogen and oxygen atoms in total. The Bertz CT molecular complexity index is 467. The number of phenols is 1. The number of anilines is 1. The molecule has 72 valence electrons. The molecule has 5 heteroatoms. The van der Waals surface area contributed by atoms with Crippen LogP contribution < -0.4 is 5.73 Å². The second-order valence-electron chi connectivity index (χ2n) is 2.86. The number of nitrogens with two attached hydrogens (primary N) is 1. The molecule has 0 amide bonds. The van der Waals surface area contributed by atoms with E-state index >= 15 is 0 Å². The number of aromatic amines is 1. The minimum atomic E-state index is 0.162. The maximum absolute atomic E-state index is 9.65. The van der Waals surface area contributed by atoms with Crippen LogP contribution in [0, 0.1) is 0 Å². The molecule has 0 unspecified atom stereocenters. The van der Waals surface area contributed by atoms with Crippen LogP contribution in [0.3, 0.4) is 0 Å². The monoisotopic (exact) mass is 253 g/mol. The first-order valence-corrected chi connectivity index (χ1v) is 4.75. The fourth-order valence-corrected chi connectivity index (χ4v) is 1.58. The summed E-state index contributed by atoms with van der Waals surface area (Å²) in [5.74, 6) is 0.162. The molecule has 0 spiro atoms. The van der Waals surface area contributed by atoms with Crippen LogP contribution in [0.4, 0.5) is 5.69 Å². The summed E-state index contributed by atoms with van der Waals surface area (Å²) in [5.41, 5.74) is 7.46. The highest BCUT2D eigenvalue weighted by molar-refractivity contribution is 9.10. The molecule has 1 heterocycles. The number of aromatic hydroxyl groups is 1. The van der Waals surface area contributed by atoms with Gasteiger partial charge in [0.2, 0.25) is 0 Å². The van der Waals surface area contributed by atoms with Gasteiger partial charge in [-0.1, -0.05) is 15.9 Å². The molecule has 0 bridgehead atoms. The lowest BCUT2D eigenvalue weighted by atomic mass is 10.1. The molecular formula is C9H8BrN3O. The Morgan fingerprint density at radius 3 is 2.79 bits per heavy atom. The van der Waals surface area contributed by atoms with Gasteiger partial charge in [-0.05, 0) is 18.2 Å². The Morgan fingerprint density at radius 1 is 1.43 bits per heavy atom. The van der Waals surface area contributed by atoms with Crippen LogP contribution in [0.15, 0.2) is 28.9 Å². The standard InChI is InChI=1S/C9H8BrN3O/c10-5-1-2-6(8(14)3-5)9-7(11)4-12-13-9/h1-4,14H,11H2,(H,12,13). The largest absolute Gasteiger partial charge is 0.507 e. The predicted molar refractivity (Wildman–Crippen MR) is 57.8 cm³/mol. The van der Waals surface area contributed by atoms with Crippen molar-refractivity contribution in [3.05, 3.63) is 28.9 Å². The Kier molecular flexibility index (Phi) is 2.17. The van der Waals surface area contributed by atoms with Crippen molar-refractivity contribution in [2.75, 3.05) is 5.73 Å². The number of H-pyrrole nitrogens is 1. The smallest absolute Gasteiger partial charge is 0.126 e. The fourth-order valence-electron chi connectivity index (χ4n) is 1.23. The van der Waals surface area contributed by atoms with Crippen molar-refractivity contribution in [2.24, 2.45) is 0 Å². The van der Waals surface area contributed by atoms with Gasteiger partial charge in [0, 0.05) is 10.0 Å². The highest BCUT2D eigenvalue weighted by Crippen LogP contribution is 2.32. The number of halogens is 1. The summed E-state index contributed by atoms with van der Waals surface area (Å²) in [6.45, 7) is 0. The molecule has 0 saturated carbocycles. The van der Waals surface area contributed by atoms with Crippen molar-refractivity contribution >= 4 is 21.6 Å². The molecule has 0 fully saturated rings. The maximum Gasteiger partial charge on any atom is 0.126 e. The Morgan fingerprint density at radius 2 is 2.21 bits per heavy atom. The first-order valence-electron chi connectivity index (χ1n) is 3.96. The van der Waals surface area contributed by atoms with Crippen molar-refractivity contribution in [3.8, 4) is 17.0 Å². The number of aromatic nitrogens is 2. The third kappa shape index (κ3) is 1.46. The first kappa shape index (κ1) is 9.08. The zero-order chi connectivity index (χ0) is 10.1. The highest BCUT2D eigenvalue weighted by Gasteiger charge is 2.09. The summed E-state index contributed by atoms with van der Waals surface area (Å²) in [4.78, 5) is 0. The molecule has 14 heavy (non-hydrogen) atoms. The SMILES string of the molecule is Nc1cn[nH]c1-c1ccc(Br)cc1O. The summed E-state index contributed by atoms with van der Waals surface area (Å²) in [6.07, 6.45) is 1.51. The summed E-state index contributed by atoms with van der Waals surface area (Å²) >= 11 is 3.26. The Hall–Kier alpha value is -1.49. The number of rotatable bonds is 1. The molecule has 0 radical (unpaired) electrons. The van der Waals surface area contributed by atoms with E-state index in [2.05, 4.69) is 26.1 Å². The minimum absolute atomic E-state index is 0.162. The van der Waals surface area contributed by atoms with E-state index in [-0.39, 0.29) is 5.75 Å². The number of benzene rings is 1. The van der Waals surface area contributed by atoms with Crippen LogP contribution in [0.5, 0.6) is 5.75 Å². The molecule has 1 aromatic heterocycles.